The smallest absolute Gasteiger partial charge is 0.208 e. The van der Waals surface area contributed by atoms with Gasteiger partial charge in [0.2, 0.25) is 5.13 Å². The number of anilines is 1. The van der Waals surface area contributed by atoms with Gasteiger partial charge in [0.1, 0.15) is 17.0 Å². The van der Waals surface area contributed by atoms with Gasteiger partial charge in [-0.2, -0.15) is 0 Å². The lowest BCUT2D eigenvalue weighted by Gasteiger charge is -2.24. The number of hydrogen-bond donors (Lipinski definition) is 0. The van der Waals surface area contributed by atoms with Crippen LogP contribution in [-0.4, -0.2) is 40.3 Å². The summed E-state index contributed by atoms with van der Waals surface area (Å²) in [7, 11) is 0. The van der Waals surface area contributed by atoms with Crippen molar-refractivity contribution in [3.63, 3.8) is 0 Å². The first-order chi connectivity index (χ1) is 10.3. The molecule has 2 atom stereocenters. The van der Waals surface area contributed by atoms with E-state index in [1.807, 2.05) is 5.51 Å². The third-order valence-corrected chi connectivity index (χ3v) is 5.44. The van der Waals surface area contributed by atoms with Crippen LogP contribution in [0, 0.1) is 0 Å². The molecule has 0 unspecified atom stereocenters. The molecule has 2 aliphatic rings. The lowest BCUT2D eigenvalue weighted by molar-refractivity contribution is 0.224. The fourth-order valence-electron chi connectivity index (χ4n) is 3.70. The molecule has 4 rings (SSSR count). The van der Waals surface area contributed by atoms with Crippen LogP contribution in [0.3, 0.4) is 0 Å². The van der Waals surface area contributed by atoms with Gasteiger partial charge in [-0.25, -0.2) is 0 Å². The second-order valence-corrected chi connectivity index (χ2v) is 6.63. The minimum Gasteiger partial charge on any atom is -0.465 e. The van der Waals surface area contributed by atoms with Gasteiger partial charge in [-0.15, -0.1) is 10.2 Å². The quantitative estimate of drug-likeness (QED) is 0.868. The molecular formula is C15H20N4OS. The molecule has 0 saturated carbocycles. The average Bonchev–Trinajstić information content (AvgIpc) is 3.25. The molecule has 0 N–H and O–H groups in total. The van der Waals surface area contributed by atoms with Gasteiger partial charge in [0.15, 0.2) is 0 Å². The molecule has 6 heteroatoms. The topological polar surface area (TPSA) is 45.4 Å². The number of rotatable bonds is 4. The molecular weight excluding hydrogens is 284 g/mol. The summed E-state index contributed by atoms with van der Waals surface area (Å²) in [6, 6.07) is 5.46. The first-order valence-electron chi connectivity index (χ1n) is 7.69. The number of fused-ring (bicyclic) bond motifs is 1. The first-order valence-corrected chi connectivity index (χ1v) is 8.57. The minimum atomic E-state index is 0.596. The molecule has 0 amide bonds. The number of furan rings is 1. The monoisotopic (exact) mass is 304 g/mol. The van der Waals surface area contributed by atoms with Gasteiger partial charge in [-0.1, -0.05) is 18.3 Å². The van der Waals surface area contributed by atoms with Crippen molar-refractivity contribution in [2.45, 2.75) is 44.8 Å². The predicted molar refractivity (Wildman–Crippen MR) is 82.6 cm³/mol. The van der Waals surface area contributed by atoms with Gasteiger partial charge in [-0.05, 0) is 25.0 Å². The standard InChI is InChI=1S/C15H20N4OS/c1-2-11-3-4-12(20-11)9-18-7-5-14-13(18)6-8-19(14)15-17-16-10-21-15/h3-4,10,13-14H,2,5-9H2,1H3/t13-,14+/m0/s1. The second kappa shape index (κ2) is 5.42. The molecule has 0 radical (unpaired) electrons. The van der Waals surface area contributed by atoms with Crippen molar-refractivity contribution in [1.82, 2.24) is 15.1 Å². The van der Waals surface area contributed by atoms with Gasteiger partial charge in [0.25, 0.3) is 0 Å². The maximum atomic E-state index is 5.87. The van der Waals surface area contributed by atoms with Crippen LogP contribution in [0.1, 0.15) is 31.3 Å². The third-order valence-electron chi connectivity index (χ3n) is 4.71. The van der Waals surface area contributed by atoms with E-state index in [0.29, 0.717) is 12.1 Å². The van der Waals surface area contributed by atoms with Crippen molar-refractivity contribution in [2.24, 2.45) is 0 Å². The number of aryl methyl sites for hydroxylation is 1. The largest absolute Gasteiger partial charge is 0.465 e. The van der Waals surface area contributed by atoms with Crippen molar-refractivity contribution < 1.29 is 4.42 Å². The van der Waals surface area contributed by atoms with Gasteiger partial charge >= 0.3 is 0 Å². The van der Waals surface area contributed by atoms with E-state index in [1.54, 1.807) is 11.3 Å². The van der Waals surface area contributed by atoms with Crippen molar-refractivity contribution in [3.8, 4) is 0 Å². The third kappa shape index (κ3) is 2.36. The number of likely N-dealkylation sites (tertiary alicyclic amines) is 1. The Labute approximate surface area is 128 Å². The Bertz CT molecular complexity index is 597. The van der Waals surface area contributed by atoms with Gasteiger partial charge < -0.3 is 9.32 Å². The summed E-state index contributed by atoms with van der Waals surface area (Å²) in [6.07, 6.45) is 3.40. The highest BCUT2D eigenvalue weighted by Gasteiger charge is 2.43. The Balaban J connectivity index is 1.46. The van der Waals surface area contributed by atoms with Crippen LogP contribution in [-0.2, 0) is 13.0 Å². The van der Waals surface area contributed by atoms with E-state index in [0.717, 1.165) is 42.7 Å². The molecule has 2 aromatic heterocycles. The summed E-state index contributed by atoms with van der Waals surface area (Å²) in [5, 5.41) is 9.30. The van der Waals surface area contributed by atoms with Crippen LogP contribution in [0.4, 0.5) is 5.13 Å². The molecule has 112 valence electrons. The summed E-state index contributed by atoms with van der Waals surface area (Å²) in [5.41, 5.74) is 1.82. The highest BCUT2D eigenvalue weighted by molar-refractivity contribution is 7.13. The highest BCUT2D eigenvalue weighted by Crippen LogP contribution is 2.36. The van der Waals surface area contributed by atoms with E-state index in [9.17, 15) is 0 Å². The maximum Gasteiger partial charge on any atom is 0.208 e. The fraction of sp³-hybridized carbons (Fsp3) is 0.600. The second-order valence-electron chi connectivity index (χ2n) is 5.82. The van der Waals surface area contributed by atoms with Gasteiger partial charge in [0, 0.05) is 31.6 Å². The van der Waals surface area contributed by atoms with Crippen LogP contribution >= 0.6 is 11.3 Å². The molecule has 0 bridgehead atoms. The summed E-state index contributed by atoms with van der Waals surface area (Å²) in [4.78, 5) is 5.02. The van der Waals surface area contributed by atoms with Crippen LogP contribution in [0.2, 0.25) is 0 Å². The lowest BCUT2D eigenvalue weighted by Crippen LogP contribution is -2.36. The van der Waals surface area contributed by atoms with E-state index in [1.165, 1.54) is 12.8 Å². The molecule has 2 aliphatic heterocycles. The van der Waals surface area contributed by atoms with Crippen molar-refractivity contribution >= 4 is 16.5 Å². The van der Waals surface area contributed by atoms with E-state index in [-0.39, 0.29) is 0 Å². The first kappa shape index (κ1) is 13.3. The lowest BCUT2D eigenvalue weighted by atomic mass is 10.1. The average molecular weight is 304 g/mol. The zero-order valence-electron chi connectivity index (χ0n) is 12.2. The van der Waals surface area contributed by atoms with Crippen molar-refractivity contribution in [1.29, 1.82) is 0 Å². The summed E-state index contributed by atoms with van der Waals surface area (Å²) in [6.45, 7) is 5.31. The molecule has 21 heavy (non-hydrogen) atoms. The minimum absolute atomic E-state index is 0.596. The van der Waals surface area contributed by atoms with Crippen LogP contribution in [0.15, 0.2) is 22.1 Å². The predicted octanol–water partition coefficient (Wildman–Crippen LogP) is 2.55. The molecule has 2 fully saturated rings. The Kier molecular flexibility index (Phi) is 3.43. The number of nitrogens with zero attached hydrogens (tertiary/aromatic N) is 4. The normalized spacial score (nSPS) is 25.7. The summed E-state index contributed by atoms with van der Waals surface area (Å²) >= 11 is 1.65. The van der Waals surface area contributed by atoms with Crippen molar-refractivity contribution in [3.05, 3.63) is 29.2 Å². The Morgan fingerprint density at radius 2 is 2.10 bits per heavy atom. The van der Waals surface area contributed by atoms with Crippen LogP contribution < -0.4 is 4.90 Å². The fourth-order valence-corrected chi connectivity index (χ4v) is 4.34. The molecule has 0 spiro atoms. The van der Waals surface area contributed by atoms with E-state index < -0.39 is 0 Å². The Morgan fingerprint density at radius 1 is 1.24 bits per heavy atom. The number of aromatic nitrogens is 2. The molecule has 0 aromatic carbocycles. The summed E-state index contributed by atoms with van der Waals surface area (Å²) < 4.78 is 5.87. The highest BCUT2D eigenvalue weighted by atomic mass is 32.1. The van der Waals surface area contributed by atoms with E-state index in [4.69, 9.17) is 4.42 Å². The van der Waals surface area contributed by atoms with E-state index >= 15 is 0 Å². The van der Waals surface area contributed by atoms with E-state index in [2.05, 4.69) is 39.1 Å². The zero-order valence-corrected chi connectivity index (χ0v) is 13.1. The van der Waals surface area contributed by atoms with Gasteiger partial charge in [-0.3, -0.25) is 4.90 Å². The summed E-state index contributed by atoms with van der Waals surface area (Å²) in [5.74, 6) is 2.18. The molecule has 2 saturated heterocycles. The van der Waals surface area contributed by atoms with Crippen LogP contribution in [0.5, 0.6) is 0 Å². The molecule has 2 aromatic rings. The van der Waals surface area contributed by atoms with Gasteiger partial charge in [0.05, 0.1) is 6.54 Å². The molecule has 4 heterocycles. The SMILES string of the molecule is CCc1ccc(CN2CC[C@@H]3[C@@H]2CCN3c2nncs2)o1. The van der Waals surface area contributed by atoms with Crippen LogP contribution in [0.25, 0.3) is 0 Å². The number of hydrogen-bond acceptors (Lipinski definition) is 6. The van der Waals surface area contributed by atoms with Crippen molar-refractivity contribution in [2.75, 3.05) is 18.0 Å². The Morgan fingerprint density at radius 3 is 2.86 bits per heavy atom. The zero-order chi connectivity index (χ0) is 14.2. The molecule has 0 aliphatic carbocycles. The maximum absolute atomic E-state index is 5.87. The molecule has 5 nitrogen and oxygen atoms in total. The Hall–Kier alpha value is -1.40.